The number of furan rings is 1. The molecule has 0 saturated heterocycles. The monoisotopic (exact) mass is 381 g/mol. The van der Waals surface area contributed by atoms with Crippen molar-refractivity contribution >= 4 is 33.0 Å². The Morgan fingerprint density at radius 3 is 2.50 bits per heavy atom. The van der Waals surface area contributed by atoms with Crippen LogP contribution in [0.25, 0.3) is 0 Å². The molecule has 126 valence electrons. The van der Waals surface area contributed by atoms with E-state index in [1.807, 2.05) is 17.5 Å². The van der Waals surface area contributed by atoms with Crippen molar-refractivity contribution < 1.29 is 12.8 Å². The van der Waals surface area contributed by atoms with E-state index in [-0.39, 0.29) is 11.4 Å². The largest absolute Gasteiger partial charge is 0.468 e. The molecule has 2 heterocycles. The van der Waals surface area contributed by atoms with Gasteiger partial charge in [0.15, 0.2) is 0 Å². The van der Waals surface area contributed by atoms with Gasteiger partial charge in [0.2, 0.25) is 10.0 Å². The lowest BCUT2D eigenvalue weighted by Crippen LogP contribution is -2.32. The highest BCUT2D eigenvalue weighted by Gasteiger charge is 2.25. The molecular weight excluding hydrogens is 366 g/mol. The SMILES string of the molecule is O=S(=O)(c1ccc(Cl)cc1)N(CCc1cccs1)Cc1ccco1. The lowest BCUT2D eigenvalue weighted by molar-refractivity contribution is 0.366. The van der Waals surface area contributed by atoms with E-state index in [1.54, 1.807) is 41.9 Å². The van der Waals surface area contributed by atoms with Crippen molar-refractivity contribution in [2.45, 2.75) is 17.9 Å². The standard InChI is InChI=1S/C17H16ClNO3S2/c18-14-5-7-17(8-6-14)24(20,21)19(13-15-3-1-11-22-15)10-9-16-4-2-12-23-16/h1-8,11-12H,9-10,13H2. The van der Waals surface area contributed by atoms with Gasteiger partial charge in [-0.15, -0.1) is 11.3 Å². The van der Waals surface area contributed by atoms with Crippen molar-refractivity contribution in [2.24, 2.45) is 0 Å². The molecule has 0 aliphatic rings. The van der Waals surface area contributed by atoms with E-state index >= 15 is 0 Å². The van der Waals surface area contributed by atoms with E-state index in [4.69, 9.17) is 16.0 Å². The summed E-state index contributed by atoms with van der Waals surface area (Å²) < 4.78 is 32.7. The van der Waals surface area contributed by atoms with Crippen LogP contribution in [0.1, 0.15) is 10.6 Å². The molecule has 3 rings (SSSR count). The molecule has 0 spiro atoms. The number of sulfonamides is 1. The second kappa shape index (κ2) is 7.53. The van der Waals surface area contributed by atoms with Crippen LogP contribution in [0.15, 0.2) is 69.5 Å². The van der Waals surface area contributed by atoms with Crippen LogP contribution in [0.2, 0.25) is 5.02 Å². The van der Waals surface area contributed by atoms with Crippen molar-refractivity contribution in [2.75, 3.05) is 6.54 Å². The summed E-state index contributed by atoms with van der Waals surface area (Å²) in [6, 6.07) is 13.7. The Bertz CT molecular complexity index is 857. The zero-order valence-electron chi connectivity index (χ0n) is 12.8. The molecular formula is C17H16ClNO3S2. The molecule has 4 nitrogen and oxygen atoms in total. The van der Waals surface area contributed by atoms with Crippen molar-refractivity contribution in [1.82, 2.24) is 4.31 Å². The molecule has 0 saturated carbocycles. The predicted octanol–water partition coefficient (Wildman–Crippen LogP) is 4.43. The summed E-state index contributed by atoms with van der Waals surface area (Å²) in [5, 5.41) is 2.49. The summed E-state index contributed by atoms with van der Waals surface area (Å²) in [5.41, 5.74) is 0. The summed E-state index contributed by atoms with van der Waals surface area (Å²) in [7, 11) is -3.63. The van der Waals surface area contributed by atoms with Gasteiger partial charge in [-0.3, -0.25) is 0 Å². The van der Waals surface area contributed by atoms with E-state index in [2.05, 4.69) is 0 Å². The second-order valence-corrected chi connectivity index (χ2v) is 8.61. The zero-order chi connectivity index (χ0) is 17.0. The first-order chi connectivity index (χ1) is 11.6. The molecule has 0 radical (unpaired) electrons. The van der Waals surface area contributed by atoms with Crippen molar-refractivity contribution in [3.63, 3.8) is 0 Å². The Morgan fingerprint density at radius 2 is 1.88 bits per heavy atom. The number of thiophene rings is 1. The van der Waals surface area contributed by atoms with E-state index in [0.29, 0.717) is 23.7 Å². The minimum atomic E-state index is -3.63. The van der Waals surface area contributed by atoms with E-state index in [1.165, 1.54) is 16.4 Å². The smallest absolute Gasteiger partial charge is 0.243 e. The second-order valence-electron chi connectivity index (χ2n) is 5.20. The molecule has 0 atom stereocenters. The van der Waals surface area contributed by atoms with Gasteiger partial charge in [0, 0.05) is 16.4 Å². The summed E-state index contributed by atoms with van der Waals surface area (Å²) in [6.07, 6.45) is 2.20. The van der Waals surface area contributed by atoms with Gasteiger partial charge in [-0.2, -0.15) is 4.31 Å². The number of rotatable bonds is 7. The van der Waals surface area contributed by atoms with Gasteiger partial charge >= 0.3 is 0 Å². The molecule has 0 unspecified atom stereocenters. The van der Waals surface area contributed by atoms with Crippen LogP contribution < -0.4 is 0 Å². The third kappa shape index (κ3) is 4.08. The first-order valence-corrected chi connectivity index (χ1v) is 10.1. The molecule has 0 amide bonds. The Kier molecular flexibility index (Phi) is 5.40. The van der Waals surface area contributed by atoms with Gasteiger partial charge in [0.05, 0.1) is 17.7 Å². The van der Waals surface area contributed by atoms with Crippen molar-refractivity contribution in [3.8, 4) is 0 Å². The fraction of sp³-hybridized carbons (Fsp3) is 0.176. The molecule has 0 fully saturated rings. The van der Waals surface area contributed by atoms with Gasteiger partial charge in [0.1, 0.15) is 5.76 Å². The molecule has 7 heteroatoms. The van der Waals surface area contributed by atoms with Gasteiger partial charge < -0.3 is 4.42 Å². The van der Waals surface area contributed by atoms with Gasteiger partial charge in [0.25, 0.3) is 0 Å². The van der Waals surface area contributed by atoms with Crippen LogP contribution in [0.4, 0.5) is 0 Å². The lowest BCUT2D eigenvalue weighted by Gasteiger charge is -2.21. The minimum Gasteiger partial charge on any atom is -0.468 e. The third-order valence-corrected chi connectivity index (χ3v) is 6.60. The lowest BCUT2D eigenvalue weighted by atomic mass is 10.3. The quantitative estimate of drug-likeness (QED) is 0.608. The van der Waals surface area contributed by atoms with Crippen molar-refractivity contribution in [3.05, 3.63) is 75.8 Å². The number of hydrogen-bond donors (Lipinski definition) is 0. The Balaban J connectivity index is 1.85. The van der Waals surface area contributed by atoms with E-state index in [9.17, 15) is 8.42 Å². The highest BCUT2D eigenvalue weighted by Crippen LogP contribution is 2.22. The average Bonchev–Trinajstić information content (AvgIpc) is 3.25. The number of nitrogens with zero attached hydrogens (tertiary/aromatic N) is 1. The van der Waals surface area contributed by atoms with Crippen LogP contribution in [-0.2, 0) is 23.0 Å². The van der Waals surface area contributed by atoms with Crippen LogP contribution in [0.3, 0.4) is 0 Å². The average molecular weight is 382 g/mol. The molecule has 3 aromatic rings. The first-order valence-electron chi connectivity index (χ1n) is 7.36. The number of hydrogen-bond acceptors (Lipinski definition) is 4. The Hall–Kier alpha value is -1.60. The van der Waals surface area contributed by atoms with Crippen LogP contribution >= 0.6 is 22.9 Å². The van der Waals surface area contributed by atoms with Crippen LogP contribution in [0, 0.1) is 0 Å². The highest BCUT2D eigenvalue weighted by molar-refractivity contribution is 7.89. The Morgan fingerprint density at radius 1 is 1.08 bits per heavy atom. The minimum absolute atomic E-state index is 0.198. The fourth-order valence-corrected chi connectivity index (χ4v) is 4.54. The molecule has 0 aliphatic carbocycles. The third-order valence-electron chi connectivity index (χ3n) is 3.55. The topological polar surface area (TPSA) is 50.5 Å². The maximum Gasteiger partial charge on any atom is 0.243 e. The summed E-state index contributed by atoms with van der Waals surface area (Å²) in [6.45, 7) is 0.579. The highest BCUT2D eigenvalue weighted by atomic mass is 35.5. The number of benzene rings is 1. The van der Waals surface area contributed by atoms with E-state index < -0.39 is 10.0 Å². The van der Waals surface area contributed by atoms with E-state index in [0.717, 1.165) is 4.88 Å². The van der Waals surface area contributed by atoms with Gasteiger partial charge in [-0.25, -0.2) is 8.42 Å². The Labute approximate surface area is 150 Å². The summed E-state index contributed by atoms with van der Waals surface area (Å²) in [5.74, 6) is 0.610. The molecule has 2 aromatic heterocycles. The maximum absolute atomic E-state index is 13.0. The first kappa shape index (κ1) is 17.2. The van der Waals surface area contributed by atoms with Crippen LogP contribution in [-0.4, -0.2) is 19.3 Å². The molecule has 0 N–H and O–H groups in total. The van der Waals surface area contributed by atoms with Crippen molar-refractivity contribution in [1.29, 1.82) is 0 Å². The van der Waals surface area contributed by atoms with Gasteiger partial charge in [-0.05, 0) is 54.3 Å². The molecule has 0 bridgehead atoms. The van der Waals surface area contributed by atoms with Gasteiger partial charge in [-0.1, -0.05) is 17.7 Å². The normalized spacial score (nSPS) is 11.9. The summed E-state index contributed by atoms with van der Waals surface area (Å²) >= 11 is 7.48. The summed E-state index contributed by atoms with van der Waals surface area (Å²) in [4.78, 5) is 1.37. The maximum atomic E-state index is 13.0. The molecule has 1 aromatic carbocycles. The molecule has 24 heavy (non-hydrogen) atoms. The number of halogens is 1. The molecule has 0 aliphatic heterocycles. The fourth-order valence-electron chi connectivity index (χ4n) is 2.31. The predicted molar refractivity (Wildman–Crippen MR) is 95.8 cm³/mol. The zero-order valence-corrected chi connectivity index (χ0v) is 15.2. The van der Waals surface area contributed by atoms with Crippen LogP contribution in [0.5, 0.6) is 0 Å².